The number of hydrogen-bond acceptors (Lipinski definition) is 5. The van der Waals surface area contributed by atoms with Crippen LogP contribution in [0.4, 0.5) is 0 Å². The maximum atomic E-state index is 11.8. The summed E-state index contributed by atoms with van der Waals surface area (Å²) in [5, 5.41) is 14.1. The predicted molar refractivity (Wildman–Crippen MR) is 111 cm³/mol. The number of aliphatic hydroxyl groups is 1. The standard InChI is InChI=1S/C15H26N2O5.C7H8/c1-10(2)5-3-4-6-14(20)17-11(8-18)15(21)16-7-12(19)13-9-22-13;1-7-5-3-2-4-6-7/h10-11,13,18H,3-9H2,1-2H3,(H,16,21)(H,17,20);2-6H,1H3. The molecule has 0 spiro atoms. The van der Waals surface area contributed by atoms with E-state index in [1.807, 2.05) is 18.2 Å². The third kappa shape index (κ3) is 12.0. The highest BCUT2D eigenvalue weighted by Crippen LogP contribution is 2.09. The molecule has 1 aromatic rings. The minimum atomic E-state index is -1.02. The molecule has 1 aliphatic rings. The minimum absolute atomic E-state index is 0.149. The molecule has 1 saturated heterocycles. The second-order valence-corrected chi connectivity index (χ2v) is 7.60. The van der Waals surface area contributed by atoms with Gasteiger partial charge in [-0.05, 0) is 19.3 Å². The largest absolute Gasteiger partial charge is 0.394 e. The number of ketones is 1. The molecule has 29 heavy (non-hydrogen) atoms. The van der Waals surface area contributed by atoms with Gasteiger partial charge in [0.2, 0.25) is 11.8 Å². The Bertz CT molecular complexity index is 629. The van der Waals surface area contributed by atoms with E-state index < -0.39 is 24.7 Å². The van der Waals surface area contributed by atoms with Gasteiger partial charge >= 0.3 is 0 Å². The summed E-state index contributed by atoms with van der Waals surface area (Å²) in [6.07, 6.45) is 2.68. The third-order valence-corrected chi connectivity index (χ3v) is 4.34. The van der Waals surface area contributed by atoms with Crippen LogP contribution in [-0.2, 0) is 19.1 Å². The van der Waals surface area contributed by atoms with Crippen LogP contribution in [0.25, 0.3) is 0 Å². The SMILES string of the molecule is CC(C)CCCCC(=O)NC(CO)C(=O)NCC(=O)C1CO1.Cc1ccccc1. The summed E-state index contributed by atoms with van der Waals surface area (Å²) in [6.45, 7) is 6.08. The van der Waals surface area contributed by atoms with Gasteiger partial charge in [0, 0.05) is 6.42 Å². The Morgan fingerprint density at radius 2 is 1.83 bits per heavy atom. The lowest BCUT2D eigenvalue weighted by Crippen LogP contribution is -2.50. The highest BCUT2D eigenvalue weighted by Gasteiger charge is 2.31. The molecule has 2 amide bonds. The number of aliphatic hydroxyl groups excluding tert-OH is 1. The lowest BCUT2D eigenvalue weighted by Gasteiger charge is -2.16. The van der Waals surface area contributed by atoms with E-state index in [9.17, 15) is 19.5 Å². The maximum Gasteiger partial charge on any atom is 0.245 e. The van der Waals surface area contributed by atoms with E-state index in [1.54, 1.807) is 0 Å². The number of ether oxygens (including phenoxy) is 1. The van der Waals surface area contributed by atoms with Gasteiger partial charge in [-0.2, -0.15) is 0 Å². The number of aryl methyl sites for hydroxylation is 1. The van der Waals surface area contributed by atoms with Crippen molar-refractivity contribution < 1.29 is 24.2 Å². The number of rotatable bonds is 11. The van der Waals surface area contributed by atoms with E-state index in [0.717, 1.165) is 19.3 Å². The fourth-order valence-electron chi connectivity index (χ4n) is 2.48. The highest BCUT2D eigenvalue weighted by atomic mass is 16.6. The molecule has 0 aromatic heterocycles. The van der Waals surface area contributed by atoms with E-state index in [2.05, 4.69) is 43.5 Å². The average molecular weight is 407 g/mol. The molecule has 162 valence electrons. The topological polar surface area (TPSA) is 108 Å². The molecular weight excluding hydrogens is 372 g/mol. The normalized spacial score (nSPS) is 15.7. The molecule has 1 aromatic carbocycles. The van der Waals surface area contributed by atoms with E-state index >= 15 is 0 Å². The summed E-state index contributed by atoms with van der Waals surface area (Å²) in [6, 6.07) is 9.24. The zero-order valence-corrected chi connectivity index (χ0v) is 17.6. The van der Waals surface area contributed by atoms with Gasteiger partial charge in [-0.15, -0.1) is 0 Å². The van der Waals surface area contributed by atoms with E-state index in [4.69, 9.17) is 4.74 Å². The molecule has 1 heterocycles. The molecule has 1 aliphatic heterocycles. The van der Waals surface area contributed by atoms with Gasteiger partial charge in [-0.1, -0.05) is 62.6 Å². The summed E-state index contributed by atoms with van der Waals surface area (Å²) in [5.41, 5.74) is 1.32. The lowest BCUT2D eigenvalue weighted by molar-refractivity contribution is -0.131. The Balaban J connectivity index is 0.000000502. The zero-order chi connectivity index (χ0) is 21.6. The van der Waals surface area contributed by atoms with Gasteiger partial charge in [0.25, 0.3) is 0 Å². The minimum Gasteiger partial charge on any atom is -0.394 e. The van der Waals surface area contributed by atoms with Crippen LogP contribution >= 0.6 is 0 Å². The van der Waals surface area contributed by atoms with Crippen LogP contribution in [0.2, 0.25) is 0 Å². The quantitative estimate of drug-likeness (QED) is 0.383. The van der Waals surface area contributed by atoms with Gasteiger partial charge in [0.15, 0.2) is 5.78 Å². The molecular formula is C22H34N2O5. The first-order valence-electron chi connectivity index (χ1n) is 10.2. The van der Waals surface area contributed by atoms with Crippen LogP contribution in [-0.4, -0.2) is 54.6 Å². The average Bonchev–Trinajstić information content (AvgIpc) is 3.53. The number of carbonyl (C=O) groups is 3. The first-order chi connectivity index (χ1) is 13.8. The first kappa shape index (κ1) is 24.8. The predicted octanol–water partition coefficient (Wildman–Crippen LogP) is 1.76. The number of benzene rings is 1. The molecule has 7 heteroatoms. The number of carbonyl (C=O) groups excluding carboxylic acids is 3. The maximum absolute atomic E-state index is 11.8. The molecule has 0 radical (unpaired) electrons. The van der Waals surface area contributed by atoms with Crippen molar-refractivity contribution in [3.63, 3.8) is 0 Å². The summed E-state index contributed by atoms with van der Waals surface area (Å²) >= 11 is 0. The Labute approximate surface area is 173 Å². The Morgan fingerprint density at radius 1 is 1.17 bits per heavy atom. The molecule has 7 nitrogen and oxygen atoms in total. The lowest BCUT2D eigenvalue weighted by atomic mass is 10.1. The summed E-state index contributed by atoms with van der Waals surface area (Å²) < 4.78 is 4.81. The van der Waals surface area contributed by atoms with Gasteiger partial charge in [-0.25, -0.2) is 0 Å². The van der Waals surface area contributed by atoms with E-state index in [-0.39, 0.29) is 18.2 Å². The van der Waals surface area contributed by atoms with Crippen molar-refractivity contribution >= 4 is 17.6 Å². The van der Waals surface area contributed by atoms with Crippen LogP contribution < -0.4 is 10.6 Å². The molecule has 3 N–H and O–H groups in total. The van der Waals surface area contributed by atoms with Crippen molar-refractivity contribution in [2.45, 2.75) is 58.6 Å². The third-order valence-electron chi connectivity index (χ3n) is 4.34. The fraction of sp³-hybridized carbons (Fsp3) is 0.591. The van der Waals surface area contributed by atoms with Gasteiger partial charge in [0.05, 0.1) is 19.8 Å². The van der Waals surface area contributed by atoms with Crippen LogP contribution in [0, 0.1) is 12.8 Å². The molecule has 0 saturated carbocycles. The summed E-state index contributed by atoms with van der Waals surface area (Å²) in [7, 11) is 0. The van der Waals surface area contributed by atoms with Crippen LogP contribution in [0.5, 0.6) is 0 Å². The monoisotopic (exact) mass is 406 g/mol. The summed E-state index contributed by atoms with van der Waals surface area (Å²) in [5.74, 6) is -0.432. The van der Waals surface area contributed by atoms with Crippen LogP contribution in [0.15, 0.2) is 30.3 Å². The van der Waals surface area contributed by atoms with E-state index in [0.29, 0.717) is 18.9 Å². The number of amides is 2. The summed E-state index contributed by atoms with van der Waals surface area (Å²) in [4.78, 5) is 34.9. The number of nitrogens with one attached hydrogen (secondary N) is 2. The molecule has 0 aliphatic carbocycles. The number of Topliss-reactive ketones (excluding diaryl/α,β-unsaturated/α-hetero) is 1. The van der Waals surface area contributed by atoms with Crippen molar-refractivity contribution in [3.8, 4) is 0 Å². The second kappa shape index (κ2) is 13.8. The van der Waals surface area contributed by atoms with Crippen molar-refractivity contribution in [2.24, 2.45) is 5.92 Å². The Kier molecular flexibility index (Phi) is 11.8. The highest BCUT2D eigenvalue weighted by molar-refractivity contribution is 5.93. The fourth-order valence-corrected chi connectivity index (χ4v) is 2.48. The molecule has 2 unspecified atom stereocenters. The Hall–Kier alpha value is -2.25. The van der Waals surface area contributed by atoms with Crippen molar-refractivity contribution in [3.05, 3.63) is 35.9 Å². The Morgan fingerprint density at radius 3 is 2.31 bits per heavy atom. The number of hydrogen-bond donors (Lipinski definition) is 3. The molecule has 0 bridgehead atoms. The second-order valence-electron chi connectivity index (χ2n) is 7.60. The van der Waals surface area contributed by atoms with Crippen molar-refractivity contribution in [1.29, 1.82) is 0 Å². The zero-order valence-electron chi connectivity index (χ0n) is 17.6. The van der Waals surface area contributed by atoms with Gasteiger partial charge < -0.3 is 20.5 Å². The number of epoxide rings is 1. The van der Waals surface area contributed by atoms with Crippen molar-refractivity contribution in [1.82, 2.24) is 10.6 Å². The molecule has 2 atom stereocenters. The first-order valence-corrected chi connectivity index (χ1v) is 10.2. The van der Waals surface area contributed by atoms with Crippen LogP contribution in [0.3, 0.4) is 0 Å². The van der Waals surface area contributed by atoms with Crippen molar-refractivity contribution in [2.75, 3.05) is 19.8 Å². The van der Waals surface area contributed by atoms with Crippen LogP contribution in [0.1, 0.15) is 45.1 Å². The molecule has 2 rings (SSSR count). The number of unbranched alkanes of at least 4 members (excludes halogenated alkanes) is 1. The van der Waals surface area contributed by atoms with Gasteiger partial charge in [0.1, 0.15) is 12.1 Å². The smallest absolute Gasteiger partial charge is 0.245 e. The molecule has 1 fully saturated rings. The van der Waals surface area contributed by atoms with Gasteiger partial charge in [-0.3, -0.25) is 14.4 Å². The van der Waals surface area contributed by atoms with E-state index in [1.165, 1.54) is 5.56 Å².